The third-order valence-corrected chi connectivity index (χ3v) is 4.51. The number of nitrogens with zero attached hydrogens (tertiary/aromatic N) is 1. The highest BCUT2D eigenvalue weighted by Gasteiger charge is 2.34. The van der Waals surface area contributed by atoms with E-state index >= 15 is 0 Å². The van der Waals surface area contributed by atoms with Crippen molar-refractivity contribution in [2.24, 2.45) is 5.41 Å². The summed E-state index contributed by atoms with van der Waals surface area (Å²) in [5.41, 5.74) is 1.44. The summed E-state index contributed by atoms with van der Waals surface area (Å²) in [6.07, 6.45) is 0. The van der Waals surface area contributed by atoms with Gasteiger partial charge in [0.15, 0.2) is 0 Å². The van der Waals surface area contributed by atoms with Crippen LogP contribution in [0.2, 0.25) is 0 Å². The smallest absolute Gasteiger partial charge is 0.123 e. The predicted octanol–water partition coefficient (Wildman–Crippen LogP) is 3.60. The lowest BCUT2D eigenvalue weighted by atomic mass is 9.84. The molecule has 112 valence electrons. The minimum absolute atomic E-state index is 0.165. The van der Waals surface area contributed by atoms with Gasteiger partial charge >= 0.3 is 0 Å². The Labute approximate surface area is 122 Å². The summed E-state index contributed by atoms with van der Waals surface area (Å²) in [6.45, 7) is 13.3. The molecule has 20 heavy (non-hydrogen) atoms. The van der Waals surface area contributed by atoms with Crippen molar-refractivity contribution in [3.05, 3.63) is 35.6 Å². The number of benzene rings is 1. The van der Waals surface area contributed by atoms with Gasteiger partial charge in [0.25, 0.3) is 0 Å². The molecular weight excluding hydrogens is 251 g/mol. The molecule has 2 rings (SSSR count). The van der Waals surface area contributed by atoms with Crippen LogP contribution in [0, 0.1) is 11.2 Å². The van der Waals surface area contributed by atoms with Crippen LogP contribution in [0.3, 0.4) is 0 Å². The summed E-state index contributed by atoms with van der Waals surface area (Å²) in [5, 5.41) is 3.65. The molecule has 0 radical (unpaired) electrons. The minimum Gasteiger partial charge on any atom is -0.311 e. The highest BCUT2D eigenvalue weighted by atomic mass is 19.1. The Morgan fingerprint density at radius 3 is 2.40 bits per heavy atom. The molecule has 3 heteroatoms. The van der Waals surface area contributed by atoms with Crippen LogP contribution in [0.15, 0.2) is 24.3 Å². The molecule has 0 amide bonds. The normalized spacial score (nSPS) is 26.5. The summed E-state index contributed by atoms with van der Waals surface area (Å²) in [6, 6.07) is 8.22. The Morgan fingerprint density at radius 2 is 1.85 bits per heavy atom. The van der Waals surface area contributed by atoms with Gasteiger partial charge in [0.2, 0.25) is 0 Å². The molecule has 3 atom stereocenters. The van der Waals surface area contributed by atoms with Crippen LogP contribution in [-0.2, 0) is 0 Å². The zero-order valence-electron chi connectivity index (χ0n) is 13.3. The van der Waals surface area contributed by atoms with Crippen LogP contribution in [-0.4, -0.2) is 30.1 Å². The van der Waals surface area contributed by atoms with Gasteiger partial charge in [-0.1, -0.05) is 32.9 Å². The Morgan fingerprint density at radius 1 is 1.25 bits per heavy atom. The van der Waals surface area contributed by atoms with Gasteiger partial charge in [0, 0.05) is 31.2 Å². The van der Waals surface area contributed by atoms with Crippen molar-refractivity contribution in [1.29, 1.82) is 0 Å². The number of rotatable bonds is 2. The number of hydrogen-bond donors (Lipinski definition) is 1. The first-order chi connectivity index (χ1) is 9.29. The Kier molecular flexibility index (Phi) is 4.50. The zero-order chi connectivity index (χ0) is 14.9. The van der Waals surface area contributed by atoms with E-state index in [1.54, 1.807) is 12.1 Å². The molecule has 1 fully saturated rings. The van der Waals surface area contributed by atoms with E-state index in [1.807, 2.05) is 12.1 Å². The van der Waals surface area contributed by atoms with Crippen molar-refractivity contribution < 1.29 is 4.39 Å². The van der Waals surface area contributed by atoms with E-state index in [2.05, 4.69) is 44.8 Å². The van der Waals surface area contributed by atoms with Crippen molar-refractivity contribution in [3.8, 4) is 0 Å². The Bertz CT molecular complexity index is 435. The largest absolute Gasteiger partial charge is 0.311 e. The standard InChI is InChI=1S/C17H27FN2/c1-12-10-19-16(17(3,4)5)11-20(12)13(2)14-6-8-15(18)9-7-14/h6-9,12-13,16,19H,10-11H2,1-5H3. The molecule has 0 aromatic heterocycles. The molecule has 0 bridgehead atoms. The van der Waals surface area contributed by atoms with E-state index in [-0.39, 0.29) is 11.2 Å². The maximum atomic E-state index is 13.1. The number of piperazine rings is 1. The maximum absolute atomic E-state index is 13.1. The van der Waals surface area contributed by atoms with E-state index in [0.717, 1.165) is 13.1 Å². The van der Waals surface area contributed by atoms with Gasteiger partial charge in [-0.3, -0.25) is 4.90 Å². The molecule has 1 aliphatic rings. The summed E-state index contributed by atoms with van der Waals surface area (Å²) >= 11 is 0. The number of nitrogens with one attached hydrogen (secondary N) is 1. The van der Waals surface area contributed by atoms with E-state index in [4.69, 9.17) is 0 Å². The maximum Gasteiger partial charge on any atom is 0.123 e. The predicted molar refractivity (Wildman–Crippen MR) is 82.2 cm³/mol. The van der Waals surface area contributed by atoms with Gasteiger partial charge in [-0.05, 0) is 37.0 Å². The molecular formula is C17H27FN2. The quantitative estimate of drug-likeness (QED) is 0.889. The fourth-order valence-corrected chi connectivity index (χ4v) is 2.94. The highest BCUT2D eigenvalue weighted by Crippen LogP contribution is 2.29. The van der Waals surface area contributed by atoms with Crippen molar-refractivity contribution in [3.63, 3.8) is 0 Å². The first-order valence-electron chi connectivity index (χ1n) is 7.53. The second-order valence-electron chi connectivity index (χ2n) is 7.10. The zero-order valence-corrected chi connectivity index (χ0v) is 13.3. The fraction of sp³-hybridized carbons (Fsp3) is 0.647. The van der Waals surface area contributed by atoms with Crippen LogP contribution in [0.25, 0.3) is 0 Å². The Hall–Kier alpha value is -0.930. The summed E-state index contributed by atoms with van der Waals surface area (Å²) in [7, 11) is 0. The van der Waals surface area contributed by atoms with E-state index in [9.17, 15) is 4.39 Å². The second kappa shape index (κ2) is 5.82. The van der Waals surface area contributed by atoms with Gasteiger partial charge in [0.1, 0.15) is 5.82 Å². The lowest BCUT2D eigenvalue weighted by Crippen LogP contribution is -2.59. The molecule has 0 saturated carbocycles. The molecule has 1 aliphatic heterocycles. The number of halogens is 1. The Balaban J connectivity index is 2.14. The van der Waals surface area contributed by atoms with Crippen LogP contribution >= 0.6 is 0 Å². The van der Waals surface area contributed by atoms with Gasteiger partial charge in [0.05, 0.1) is 0 Å². The van der Waals surface area contributed by atoms with E-state index in [1.165, 1.54) is 5.56 Å². The minimum atomic E-state index is -0.165. The molecule has 0 aliphatic carbocycles. The van der Waals surface area contributed by atoms with E-state index < -0.39 is 0 Å². The van der Waals surface area contributed by atoms with Crippen LogP contribution < -0.4 is 5.32 Å². The van der Waals surface area contributed by atoms with Gasteiger partial charge in [-0.25, -0.2) is 4.39 Å². The van der Waals surface area contributed by atoms with Crippen molar-refractivity contribution in [2.45, 2.75) is 52.7 Å². The summed E-state index contributed by atoms with van der Waals surface area (Å²) in [5.74, 6) is -0.165. The van der Waals surface area contributed by atoms with Crippen LogP contribution in [0.1, 0.15) is 46.2 Å². The molecule has 1 heterocycles. The first kappa shape index (κ1) is 15.5. The van der Waals surface area contributed by atoms with Crippen molar-refractivity contribution >= 4 is 0 Å². The lowest BCUT2D eigenvalue weighted by Gasteiger charge is -2.46. The first-order valence-corrected chi connectivity index (χ1v) is 7.53. The molecule has 1 aromatic carbocycles. The molecule has 1 aromatic rings. The number of hydrogen-bond acceptors (Lipinski definition) is 2. The molecule has 1 N–H and O–H groups in total. The van der Waals surface area contributed by atoms with Crippen LogP contribution in [0.5, 0.6) is 0 Å². The molecule has 1 saturated heterocycles. The van der Waals surface area contributed by atoms with Crippen molar-refractivity contribution in [2.75, 3.05) is 13.1 Å². The van der Waals surface area contributed by atoms with Gasteiger partial charge in [-0.15, -0.1) is 0 Å². The average Bonchev–Trinajstić information content (AvgIpc) is 2.38. The fourth-order valence-electron chi connectivity index (χ4n) is 2.94. The summed E-state index contributed by atoms with van der Waals surface area (Å²) in [4.78, 5) is 2.53. The van der Waals surface area contributed by atoms with E-state index in [0.29, 0.717) is 18.1 Å². The SMILES string of the molecule is CC1CNC(C(C)(C)C)CN1C(C)c1ccc(F)cc1. The van der Waals surface area contributed by atoms with Gasteiger partial charge in [-0.2, -0.15) is 0 Å². The average molecular weight is 278 g/mol. The molecule has 3 unspecified atom stereocenters. The topological polar surface area (TPSA) is 15.3 Å². The molecule has 2 nitrogen and oxygen atoms in total. The van der Waals surface area contributed by atoms with Crippen molar-refractivity contribution in [1.82, 2.24) is 10.2 Å². The third-order valence-electron chi connectivity index (χ3n) is 4.51. The highest BCUT2D eigenvalue weighted by molar-refractivity contribution is 5.20. The summed E-state index contributed by atoms with van der Waals surface area (Å²) < 4.78 is 13.1. The third kappa shape index (κ3) is 3.39. The van der Waals surface area contributed by atoms with Crippen LogP contribution in [0.4, 0.5) is 4.39 Å². The molecule has 0 spiro atoms. The second-order valence-corrected chi connectivity index (χ2v) is 7.10. The van der Waals surface area contributed by atoms with Gasteiger partial charge < -0.3 is 5.32 Å². The lowest BCUT2D eigenvalue weighted by molar-refractivity contribution is 0.0628. The monoisotopic (exact) mass is 278 g/mol.